The molecule has 6 nitrogen and oxygen atoms in total. The third-order valence-electron chi connectivity index (χ3n) is 12.7. The Hall–Kier alpha value is -3.67. The van der Waals surface area contributed by atoms with Gasteiger partial charge in [-0.05, 0) is 83.5 Å². The first-order valence-electron chi connectivity index (χ1n) is 29.8. The Kier molecular flexibility index (Phi) is 55.9. The number of rotatable bonds is 53. The van der Waals surface area contributed by atoms with Crippen molar-refractivity contribution in [2.45, 2.75) is 284 Å². The van der Waals surface area contributed by atoms with E-state index in [0.717, 1.165) is 89.9 Å². The minimum Gasteiger partial charge on any atom is -0.462 e. The Morgan fingerprint density at radius 3 is 1.00 bits per heavy atom. The van der Waals surface area contributed by atoms with Crippen LogP contribution in [0.3, 0.4) is 0 Å². The lowest BCUT2D eigenvalue weighted by Crippen LogP contribution is -2.30. The molecule has 6 heteroatoms. The molecule has 406 valence electrons. The Labute approximate surface area is 438 Å². The van der Waals surface area contributed by atoms with Gasteiger partial charge in [-0.25, -0.2) is 0 Å². The molecule has 0 aromatic carbocycles. The van der Waals surface area contributed by atoms with Crippen molar-refractivity contribution in [1.82, 2.24) is 0 Å². The maximum absolute atomic E-state index is 12.9. The molecular weight excluding hydrogens is 877 g/mol. The normalized spacial score (nSPS) is 12.8. The molecule has 0 spiro atoms. The lowest BCUT2D eigenvalue weighted by atomic mass is 10.0. The van der Waals surface area contributed by atoms with Crippen LogP contribution in [0.25, 0.3) is 0 Å². The number of esters is 3. The lowest BCUT2D eigenvalue weighted by Gasteiger charge is -2.18. The summed E-state index contributed by atoms with van der Waals surface area (Å²) in [7, 11) is 0. The average Bonchev–Trinajstić information content (AvgIpc) is 3.37. The topological polar surface area (TPSA) is 78.9 Å². The third kappa shape index (κ3) is 57.1. The summed E-state index contributed by atoms with van der Waals surface area (Å²) in [4.78, 5) is 38.2. The minimum atomic E-state index is -0.810. The molecule has 0 amide bonds. The fourth-order valence-corrected chi connectivity index (χ4v) is 8.15. The Balaban J connectivity index is 4.50. The molecule has 0 aromatic heterocycles. The van der Waals surface area contributed by atoms with E-state index in [2.05, 4.69) is 118 Å². The molecule has 0 N–H and O–H groups in total. The molecule has 0 aromatic rings. The fourth-order valence-electron chi connectivity index (χ4n) is 8.15. The predicted molar refractivity (Wildman–Crippen MR) is 307 cm³/mol. The maximum atomic E-state index is 12.9. The van der Waals surface area contributed by atoms with Crippen molar-refractivity contribution in [2.24, 2.45) is 0 Å². The molecule has 1 atom stereocenters. The first-order chi connectivity index (χ1) is 35.0. The Bertz CT molecular complexity index is 1410. The third-order valence-corrected chi connectivity index (χ3v) is 12.7. The zero-order chi connectivity index (χ0) is 51.4. The second kappa shape index (κ2) is 58.9. The van der Waals surface area contributed by atoms with E-state index in [4.69, 9.17) is 14.2 Å². The predicted octanol–water partition coefficient (Wildman–Crippen LogP) is 20.1. The van der Waals surface area contributed by atoms with E-state index in [1.165, 1.54) is 141 Å². The number of carbonyl (C=O) groups excluding carboxylic acids is 3. The van der Waals surface area contributed by atoms with Gasteiger partial charge in [0.1, 0.15) is 13.2 Å². The largest absolute Gasteiger partial charge is 0.462 e. The van der Waals surface area contributed by atoms with Crippen LogP contribution in [0.5, 0.6) is 0 Å². The smallest absolute Gasteiger partial charge is 0.306 e. The van der Waals surface area contributed by atoms with Crippen LogP contribution in [0.1, 0.15) is 278 Å². The highest BCUT2D eigenvalue weighted by atomic mass is 16.6. The van der Waals surface area contributed by atoms with Gasteiger partial charge in [0.25, 0.3) is 0 Å². The first-order valence-corrected chi connectivity index (χ1v) is 29.8. The molecule has 0 saturated carbocycles. The van der Waals surface area contributed by atoms with E-state index in [1.54, 1.807) is 0 Å². The van der Waals surface area contributed by atoms with Gasteiger partial charge < -0.3 is 14.2 Å². The zero-order valence-electron chi connectivity index (χ0n) is 46.5. The van der Waals surface area contributed by atoms with Crippen molar-refractivity contribution in [3.8, 4) is 0 Å². The van der Waals surface area contributed by atoms with E-state index in [-0.39, 0.29) is 37.5 Å². The van der Waals surface area contributed by atoms with Crippen LogP contribution in [0.2, 0.25) is 0 Å². The fraction of sp³-hybridized carbons (Fsp3) is 0.708. The summed E-state index contributed by atoms with van der Waals surface area (Å²) in [5, 5.41) is 0. The van der Waals surface area contributed by atoms with Gasteiger partial charge in [0.15, 0.2) is 6.10 Å². The minimum absolute atomic E-state index is 0.106. The van der Waals surface area contributed by atoms with Crippen LogP contribution < -0.4 is 0 Å². The number of allylic oxidation sites excluding steroid dienone is 16. The van der Waals surface area contributed by atoms with Crippen LogP contribution in [-0.4, -0.2) is 37.2 Å². The van der Waals surface area contributed by atoms with Crippen molar-refractivity contribution < 1.29 is 28.6 Å². The molecule has 1 unspecified atom stereocenters. The molecule has 0 bridgehead atoms. The van der Waals surface area contributed by atoms with Gasteiger partial charge in [-0.15, -0.1) is 0 Å². The molecule has 0 fully saturated rings. The van der Waals surface area contributed by atoms with Crippen LogP contribution in [-0.2, 0) is 28.6 Å². The zero-order valence-corrected chi connectivity index (χ0v) is 46.5. The molecule has 0 radical (unpaired) electrons. The number of hydrogen-bond donors (Lipinski definition) is 0. The van der Waals surface area contributed by atoms with E-state index in [9.17, 15) is 14.4 Å². The standard InChI is InChI=1S/C65H110O6/c1-4-7-10-13-16-19-22-25-28-31-34-37-40-43-46-49-52-55-58-64(67)70-61-62(60-69-63(66)57-54-51-48-45-42-39-36-33-30-27-24-21-18-15-12-9-6-3)71-65(68)59-56-53-50-47-44-41-38-35-32-29-26-23-20-17-14-11-8-5-2/h16,18-19,21-22,25,27-28,30-31,34,36-37,39,45,48,62H,4-15,17,20,23-24,26,29,32-33,35,38,40-44,46-47,49-61H2,1-3H3/b19-16-,21-18-,25-22-,30-27-,31-28-,37-34-,39-36-,48-45-. The van der Waals surface area contributed by atoms with Crippen molar-refractivity contribution >= 4 is 17.9 Å². The summed E-state index contributed by atoms with van der Waals surface area (Å²) < 4.78 is 16.8. The number of ether oxygens (including phenoxy) is 3. The van der Waals surface area contributed by atoms with E-state index >= 15 is 0 Å². The van der Waals surface area contributed by atoms with E-state index in [0.29, 0.717) is 19.3 Å². The lowest BCUT2D eigenvalue weighted by molar-refractivity contribution is -0.167. The molecule has 0 aliphatic carbocycles. The number of carbonyl (C=O) groups is 3. The van der Waals surface area contributed by atoms with Gasteiger partial charge in [-0.2, -0.15) is 0 Å². The van der Waals surface area contributed by atoms with E-state index < -0.39 is 6.10 Å². The average molecular weight is 988 g/mol. The number of unbranched alkanes of at least 4 members (excludes halogenated alkanes) is 29. The van der Waals surface area contributed by atoms with Crippen molar-refractivity contribution in [3.63, 3.8) is 0 Å². The molecule has 0 heterocycles. The second-order valence-electron chi connectivity index (χ2n) is 19.6. The maximum Gasteiger partial charge on any atom is 0.306 e. The Morgan fingerprint density at radius 1 is 0.296 bits per heavy atom. The molecular formula is C65H110O6. The Morgan fingerprint density at radius 2 is 0.577 bits per heavy atom. The summed E-state index contributed by atoms with van der Waals surface area (Å²) >= 11 is 0. The van der Waals surface area contributed by atoms with Gasteiger partial charge >= 0.3 is 17.9 Å². The van der Waals surface area contributed by atoms with Crippen LogP contribution in [0, 0.1) is 0 Å². The molecule has 0 saturated heterocycles. The molecule has 71 heavy (non-hydrogen) atoms. The quantitative estimate of drug-likeness (QED) is 0.0199. The first kappa shape index (κ1) is 67.3. The van der Waals surface area contributed by atoms with Gasteiger partial charge in [-0.3, -0.25) is 14.4 Å². The highest BCUT2D eigenvalue weighted by molar-refractivity contribution is 5.71. The summed E-state index contributed by atoms with van der Waals surface area (Å²) in [6.45, 7) is 6.53. The molecule has 0 aliphatic rings. The van der Waals surface area contributed by atoms with Gasteiger partial charge in [0, 0.05) is 19.3 Å². The van der Waals surface area contributed by atoms with E-state index in [1.807, 2.05) is 0 Å². The van der Waals surface area contributed by atoms with Crippen molar-refractivity contribution in [2.75, 3.05) is 13.2 Å². The molecule has 0 rings (SSSR count). The van der Waals surface area contributed by atoms with Crippen LogP contribution >= 0.6 is 0 Å². The number of hydrogen-bond acceptors (Lipinski definition) is 6. The summed E-state index contributed by atoms with van der Waals surface area (Å²) in [5.41, 5.74) is 0. The van der Waals surface area contributed by atoms with Crippen molar-refractivity contribution in [3.05, 3.63) is 97.2 Å². The summed E-state index contributed by atoms with van der Waals surface area (Å²) in [6, 6.07) is 0. The highest BCUT2D eigenvalue weighted by Crippen LogP contribution is 2.16. The second-order valence-corrected chi connectivity index (χ2v) is 19.6. The highest BCUT2D eigenvalue weighted by Gasteiger charge is 2.19. The van der Waals surface area contributed by atoms with Gasteiger partial charge in [0.05, 0.1) is 0 Å². The van der Waals surface area contributed by atoms with Crippen LogP contribution in [0.4, 0.5) is 0 Å². The summed E-state index contributed by atoms with van der Waals surface area (Å²) in [5.74, 6) is -0.976. The van der Waals surface area contributed by atoms with Gasteiger partial charge in [-0.1, -0.05) is 272 Å². The monoisotopic (exact) mass is 987 g/mol. The van der Waals surface area contributed by atoms with Crippen molar-refractivity contribution in [1.29, 1.82) is 0 Å². The SMILES string of the molecule is CCCCC\C=C/C=C\C=C/C=C\CCCCCCCC(=O)OCC(COC(=O)CCC/C=C\C/C=C\C/C=C\C/C=C\CCCCC)OC(=O)CCCCCCCCCCCCCCCCCCCC. The van der Waals surface area contributed by atoms with Gasteiger partial charge in [0.2, 0.25) is 0 Å². The summed E-state index contributed by atoms with van der Waals surface area (Å²) in [6.07, 6.45) is 78.3. The van der Waals surface area contributed by atoms with Crippen LogP contribution in [0.15, 0.2) is 97.2 Å². The molecule has 0 aliphatic heterocycles.